The number of aromatic nitrogens is 1. The lowest BCUT2D eigenvalue weighted by Crippen LogP contribution is -2.37. The molecule has 1 unspecified atom stereocenters. The maximum Gasteiger partial charge on any atom is 0.417 e. The van der Waals surface area contributed by atoms with Crippen LogP contribution in [0.15, 0.2) is 29.8 Å². The molecule has 26 heavy (non-hydrogen) atoms. The van der Waals surface area contributed by atoms with Crippen LogP contribution < -0.4 is 10.2 Å². The van der Waals surface area contributed by atoms with Crippen molar-refractivity contribution in [2.75, 3.05) is 18.0 Å². The molecule has 1 aliphatic rings. The third-order valence-electron chi connectivity index (χ3n) is 4.22. The van der Waals surface area contributed by atoms with Crippen molar-refractivity contribution < 1.29 is 18.0 Å². The van der Waals surface area contributed by atoms with E-state index in [1.807, 2.05) is 5.38 Å². The molecule has 2 aromatic rings. The van der Waals surface area contributed by atoms with Crippen molar-refractivity contribution in [2.24, 2.45) is 0 Å². The third kappa shape index (κ3) is 4.67. The molecule has 0 spiro atoms. The van der Waals surface area contributed by atoms with E-state index in [0.717, 1.165) is 24.2 Å². The first kappa shape index (κ1) is 19.0. The Bertz CT molecular complexity index is 767. The van der Waals surface area contributed by atoms with Crippen LogP contribution in [0.5, 0.6) is 0 Å². The molecule has 2 heterocycles. The van der Waals surface area contributed by atoms with Gasteiger partial charge in [0, 0.05) is 37.1 Å². The molecule has 0 saturated carbocycles. The van der Waals surface area contributed by atoms with Crippen molar-refractivity contribution >= 4 is 34.0 Å². The number of carbonyl (C=O) groups is 1. The first-order valence-corrected chi connectivity index (χ1v) is 9.38. The minimum atomic E-state index is -4.50. The van der Waals surface area contributed by atoms with Gasteiger partial charge >= 0.3 is 6.18 Å². The molecule has 4 nitrogen and oxygen atoms in total. The van der Waals surface area contributed by atoms with Crippen LogP contribution >= 0.6 is 22.9 Å². The number of anilines is 1. The SMILES string of the molecule is O=C(CCc1ccc(Cl)c(C(F)(F)F)c1)NC1CCN(c2nccs2)C1. The van der Waals surface area contributed by atoms with Gasteiger partial charge in [0.05, 0.1) is 10.6 Å². The summed E-state index contributed by atoms with van der Waals surface area (Å²) in [7, 11) is 0. The van der Waals surface area contributed by atoms with Crippen molar-refractivity contribution in [3.63, 3.8) is 0 Å². The Morgan fingerprint density at radius 3 is 2.92 bits per heavy atom. The summed E-state index contributed by atoms with van der Waals surface area (Å²) in [6, 6.07) is 3.78. The van der Waals surface area contributed by atoms with E-state index in [4.69, 9.17) is 11.6 Å². The number of nitrogens with zero attached hydrogens (tertiary/aromatic N) is 2. The molecule has 1 atom stereocenters. The number of thiazole rings is 1. The van der Waals surface area contributed by atoms with Gasteiger partial charge in [-0.2, -0.15) is 13.2 Å². The molecule has 1 aliphatic heterocycles. The minimum Gasteiger partial charge on any atom is -0.352 e. The van der Waals surface area contributed by atoms with E-state index in [2.05, 4.69) is 15.2 Å². The Labute approximate surface area is 158 Å². The van der Waals surface area contributed by atoms with Crippen LogP contribution in [0.3, 0.4) is 0 Å². The number of benzene rings is 1. The van der Waals surface area contributed by atoms with Gasteiger partial charge in [-0.05, 0) is 30.5 Å². The lowest BCUT2D eigenvalue weighted by molar-refractivity contribution is -0.137. The monoisotopic (exact) mass is 403 g/mol. The van der Waals surface area contributed by atoms with Gasteiger partial charge < -0.3 is 10.2 Å². The molecule has 9 heteroatoms. The van der Waals surface area contributed by atoms with Crippen LogP contribution in [-0.2, 0) is 17.4 Å². The largest absolute Gasteiger partial charge is 0.417 e. The van der Waals surface area contributed by atoms with Crippen molar-refractivity contribution in [1.82, 2.24) is 10.3 Å². The zero-order chi connectivity index (χ0) is 18.7. The van der Waals surface area contributed by atoms with Crippen LogP contribution in [-0.4, -0.2) is 30.0 Å². The molecule has 1 amide bonds. The van der Waals surface area contributed by atoms with Crippen LogP contribution in [0, 0.1) is 0 Å². The van der Waals surface area contributed by atoms with Gasteiger partial charge in [0.15, 0.2) is 5.13 Å². The Morgan fingerprint density at radius 1 is 1.42 bits per heavy atom. The van der Waals surface area contributed by atoms with Crippen LogP contribution in [0.1, 0.15) is 24.0 Å². The fourth-order valence-corrected chi connectivity index (χ4v) is 3.83. The number of aryl methyl sites for hydroxylation is 1. The fourth-order valence-electron chi connectivity index (χ4n) is 2.93. The van der Waals surface area contributed by atoms with E-state index in [9.17, 15) is 18.0 Å². The Kier molecular flexibility index (Phi) is 5.72. The van der Waals surface area contributed by atoms with Gasteiger partial charge in [-0.3, -0.25) is 4.79 Å². The van der Waals surface area contributed by atoms with Crippen LogP contribution in [0.4, 0.5) is 18.3 Å². The highest BCUT2D eigenvalue weighted by molar-refractivity contribution is 7.13. The summed E-state index contributed by atoms with van der Waals surface area (Å²) in [6.45, 7) is 1.52. The van der Waals surface area contributed by atoms with Gasteiger partial charge in [-0.25, -0.2) is 4.98 Å². The van der Waals surface area contributed by atoms with E-state index in [-0.39, 0.29) is 29.8 Å². The molecule has 3 rings (SSSR count). The van der Waals surface area contributed by atoms with Crippen molar-refractivity contribution in [3.05, 3.63) is 45.9 Å². The normalized spacial score (nSPS) is 17.5. The summed E-state index contributed by atoms with van der Waals surface area (Å²) >= 11 is 7.16. The zero-order valence-electron chi connectivity index (χ0n) is 13.7. The number of halogens is 4. The van der Waals surface area contributed by atoms with Gasteiger partial charge in [-0.15, -0.1) is 11.3 Å². The zero-order valence-corrected chi connectivity index (χ0v) is 15.3. The molecule has 140 valence electrons. The van der Waals surface area contributed by atoms with E-state index in [1.54, 1.807) is 17.5 Å². The maximum atomic E-state index is 12.9. The van der Waals surface area contributed by atoms with Gasteiger partial charge in [-0.1, -0.05) is 17.7 Å². The predicted octanol–water partition coefficient (Wildman–Crippen LogP) is 4.14. The number of rotatable bonds is 5. The van der Waals surface area contributed by atoms with Crippen LogP contribution in [0.25, 0.3) is 0 Å². The Hall–Kier alpha value is -1.80. The number of hydrogen-bond donors (Lipinski definition) is 1. The second-order valence-electron chi connectivity index (χ2n) is 6.13. The average Bonchev–Trinajstić information content (AvgIpc) is 3.24. The summed E-state index contributed by atoms with van der Waals surface area (Å²) in [6.07, 6.45) is -1.57. The molecule has 1 aromatic heterocycles. The van der Waals surface area contributed by atoms with Gasteiger partial charge in [0.2, 0.25) is 5.91 Å². The fraction of sp³-hybridized carbons (Fsp3) is 0.412. The summed E-state index contributed by atoms with van der Waals surface area (Å²) in [4.78, 5) is 18.5. The van der Waals surface area contributed by atoms with E-state index in [0.29, 0.717) is 12.1 Å². The third-order valence-corrected chi connectivity index (χ3v) is 5.38. The number of nitrogens with one attached hydrogen (secondary N) is 1. The maximum absolute atomic E-state index is 12.9. The van der Waals surface area contributed by atoms with E-state index >= 15 is 0 Å². The highest BCUT2D eigenvalue weighted by atomic mass is 35.5. The first-order valence-electron chi connectivity index (χ1n) is 8.12. The molecular formula is C17H17ClF3N3OS. The number of alkyl halides is 3. The lowest BCUT2D eigenvalue weighted by Gasteiger charge is -2.16. The summed E-state index contributed by atoms with van der Waals surface area (Å²) in [5, 5.41) is 5.45. The smallest absolute Gasteiger partial charge is 0.352 e. The molecule has 0 aliphatic carbocycles. The molecule has 1 saturated heterocycles. The van der Waals surface area contributed by atoms with Crippen molar-refractivity contribution in [2.45, 2.75) is 31.5 Å². The number of carbonyl (C=O) groups excluding carboxylic acids is 1. The lowest BCUT2D eigenvalue weighted by atomic mass is 10.1. The molecule has 1 N–H and O–H groups in total. The van der Waals surface area contributed by atoms with E-state index < -0.39 is 11.7 Å². The number of amides is 1. The van der Waals surface area contributed by atoms with Crippen molar-refractivity contribution in [3.8, 4) is 0 Å². The van der Waals surface area contributed by atoms with Crippen molar-refractivity contribution in [1.29, 1.82) is 0 Å². The standard InChI is InChI=1S/C17H17ClF3N3OS/c18-14-3-1-11(9-13(14)17(19,20)21)2-4-15(25)23-12-5-7-24(10-12)16-22-6-8-26-16/h1,3,6,8-9,12H,2,4-5,7,10H2,(H,23,25). The predicted molar refractivity (Wildman–Crippen MR) is 95.6 cm³/mol. The second-order valence-corrected chi connectivity index (χ2v) is 7.41. The average molecular weight is 404 g/mol. The number of hydrogen-bond acceptors (Lipinski definition) is 4. The highest BCUT2D eigenvalue weighted by Gasteiger charge is 2.33. The summed E-state index contributed by atoms with van der Waals surface area (Å²) in [5.74, 6) is -0.167. The summed E-state index contributed by atoms with van der Waals surface area (Å²) in [5.41, 5.74) is -0.431. The quantitative estimate of drug-likeness (QED) is 0.816. The molecule has 0 bridgehead atoms. The van der Waals surface area contributed by atoms with Crippen LogP contribution in [0.2, 0.25) is 5.02 Å². The second kappa shape index (κ2) is 7.84. The highest BCUT2D eigenvalue weighted by Crippen LogP contribution is 2.35. The molecule has 0 radical (unpaired) electrons. The summed E-state index contributed by atoms with van der Waals surface area (Å²) < 4.78 is 38.6. The Balaban J connectivity index is 1.50. The molecule has 1 fully saturated rings. The topological polar surface area (TPSA) is 45.2 Å². The minimum absolute atomic E-state index is 0.0300. The first-order chi connectivity index (χ1) is 12.3. The van der Waals surface area contributed by atoms with E-state index in [1.165, 1.54) is 12.1 Å². The molecule has 1 aromatic carbocycles. The molecular weight excluding hydrogens is 387 g/mol. The van der Waals surface area contributed by atoms with Gasteiger partial charge in [0.25, 0.3) is 0 Å². The van der Waals surface area contributed by atoms with Gasteiger partial charge in [0.1, 0.15) is 0 Å². The Morgan fingerprint density at radius 2 is 2.23 bits per heavy atom.